The third-order valence-electron chi connectivity index (χ3n) is 4.01. The van der Waals surface area contributed by atoms with Crippen LogP contribution in [0.4, 0.5) is 0 Å². The number of aromatic nitrogens is 2. The molecule has 0 bridgehead atoms. The van der Waals surface area contributed by atoms with Gasteiger partial charge in [0, 0.05) is 24.2 Å². The van der Waals surface area contributed by atoms with Crippen LogP contribution in [0, 0.1) is 0 Å². The van der Waals surface area contributed by atoms with E-state index in [1.165, 1.54) is 36.8 Å². The minimum Gasteiger partial charge on any atom is -0.489 e. The van der Waals surface area contributed by atoms with Gasteiger partial charge in [0.2, 0.25) is 0 Å². The normalized spacial score (nSPS) is 11.1. The molecule has 3 aromatic rings. The van der Waals surface area contributed by atoms with Crippen molar-refractivity contribution >= 4 is 52.8 Å². The zero-order valence-corrected chi connectivity index (χ0v) is 17.9. The van der Waals surface area contributed by atoms with Crippen LogP contribution in [0.3, 0.4) is 0 Å². The first-order valence-electron chi connectivity index (χ1n) is 8.72. The first kappa shape index (κ1) is 22.6. The predicted octanol–water partition coefficient (Wildman–Crippen LogP) is 4.87. The zero-order chi connectivity index (χ0) is 22.4. The van der Waals surface area contributed by atoms with Crippen LogP contribution in [-0.2, 0) is 11.4 Å². The number of amides is 1. The molecule has 0 saturated carbocycles. The van der Waals surface area contributed by atoms with E-state index in [4.69, 9.17) is 39.5 Å². The van der Waals surface area contributed by atoms with E-state index >= 15 is 0 Å². The lowest BCUT2D eigenvalue weighted by molar-refractivity contribution is -0.132. The molecular weight excluding hydrogens is 465 g/mol. The number of benzene rings is 1. The highest BCUT2D eigenvalue weighted by molar-refractivity contribution is 6.35. The van der Waals surface area contributed by atoms with Crippen LogP contribution in [0.25, 0.3) is 6.08 Å². The van der Waals surface area contributed by atoms with E-state index in [2.05, 4.69) is 15.3 Å². The van der Waals surface area contributed by atoms with Gasteiger partial charge in [-0.2, -0.15) is 0 Å². The number of halogens is 3. The molecule has 158 valence electrons. The molecule has 0 radical (unpaired) electrons. The van der Waals surface area contributed by atoms with Crippen LogP contribution in [0.15, 0.2) is 60.7 Å². The molecule has 2 aromatic heterocycles. The Morgan fingerprint density at radius 3 is 2.35 bits per heavy atom. The summed E-state index contributed by atoms with van der Waals surface area (Å²) in [5.41, 5.74) is 0.872. The fourth-order valence-electron chi connectivity index (χ4n) is 2.45. The Morgan fingerprint density at radius 1 is 1.06 bits per heavy atom. The van der Waals surface area contributed by atoms with E-state index in [-0.39, 0.29) is 23.0 Å². The lowest BCUT2D eigenvalue weighted by Crippen LogP contribution is -2.27. The van der Waals surface area contributed by atoms with Crippen LogP contribution < -0.4 is 10.1 Å². The van der Waals surface area contributed by atoms with E-state index in [1.807, 2.05) is 0 Å². The van der Waals surface area contributed by atoms with E-state index < -0.39 is 11.9 Å². The Labute approximate surface area is 192 Å². The highest BCUT2D eigenvalue weighted by Gasteiger charge is 2.16. The Hall–Kier alpha value is -3.13. The molecule has 0 fully saturated rings. The molecule has 1 amide bonds. The van der Waals surface area contributed by atoms with E-state index in [9.17, 15) is 14.7 Å². The highest BCUT2D eigenvalue weighted by Crippen LogP contribution is 2.25. The molecule has 0 spiro atoms. The summed E-state index contributed by atoms with van der Waals surface area (Å²) in [5, 5.41) is 12.5. The minimum absolute atomic E-state index is 0.0272. The summed E-state index contributed by atoms with van der Waals surface area (Å²) in [6.07, 6.45) is 5.68. The lowest BCUT2D eigenvalue weighted by Gasteiger charge is -2.10. The molecule has 0 aliphatic rings. The molecule has 31 heavy (non-hydrogen) atoms. The maximum atomic E-state index is 12.3. The smallest absolute Gasteiger partial charge is 0.352 e. The number of carboxylic acid groups (broad SMARTS) is 1. The van der Waals surface area contributed by atoms with Crippen molar-refractivity contribution in [1.29, 1.82) is 0 Å². The Kier molecular flexibility index (Phi) is 7.46. The summed E-state index contributed by atoms with van der Waals surface area (Å²) in [4.78, 5) is 31.6. The summed E-state index contributed by atoms with van der Waals surface area (Å²) in [5.74, 6) is -1.47. The SMILES string of the molecule is O=C(O)/C(=C\c1ccc(OCc2c(Cl)cncc2Cl)cc1)NC(=O)c1cccnc1Cl. The monoisotopic (exact) mass is 477 g/mol. The van der Waals surface area contributed by atoms with Crippen molar-refractivity contribution in [2.75, 3.05) is 0 Å². The summed E-state index contributed by atoms with van der Waals surface area (Å²) >= 11 is 18.0. The Bertz CT molecular complexity index is 1130. The minimum atomic E-state index is -1.31. The van der Waals surface area contributed by atoms with Gasteiger partial charge in [-0.25, -0.2) is 9.78 Å². The van der Waals surface area contributed by atoms with Crippen molar-refractivity contribution in [2.45, 2.75) is 6.61 Å². The van der Waals surface area contributed by atoms with Gasteiger partial charge >= 0.3 is 5.97 Å². The Balaban J connectivity index is 1.71. The molecule has 10 heteroatoms. The second-order valence-electron chi connectivity index (χ2n) is 6.10. The molecule has 0 unspecified atom stereocenters. The van der Waals surface area contributed by atoms with Gasteiger partial charge in [-0.1, -0.05) is 46.9 Å². The molecule has 0 saturated heterocycles. The van der Waals surface area contributed by atoms with Gasteiger partial charge in [0.1, 0.15) is 23.2 Å². The molecular formula is C21H14Cl3N3O4. The number of pyridine rings is 2. The number of hydrogen-bond donors (Lipinski definition) is 2. The van der Waals surface area contributed by atoms with Crippen molar-refractivity contribution in [3.05, 3.63) is 92.6 Å². The molecule has 1 aromatic carbocycles. The molecule has 2 N–H and O–H groups in total. The van der Waals surface area contributed by atoms with Crippen molar-refractivity contribution in [3.8, 4) is 5.75 Å². The third kappa shape index (κ3) is 5.95. The number of carbonyl (C=O) groups is 2. The molecule has 3 rings (SSSR count). The highest BCUT2D eigenvalue weighted by atomic mass is 35.5. The summed E-state index contributed by atoms with van der Waals surface area (Å²) in [6, 6.07) is 9.53. The Morgan fingerprint density at radius 2 is 1.74 bits per heavy atom. The average molecular weight is 479 g/mol. The van der Waals surface area contributed by atoms with Gasteiger partial charge in [-0.05, 0) is 35.9 Å². The fraction of sp³-hybridized carbons (Fsp3) is 0.0476. The van der Waals surface area contributed by atoms with Gasteiger partial charge in [0.05, 0.1) is 15.6 Å². The van der Waals surface area contributed by atoms with E-state index in [0.717, 1.165) is 0 Å². The predicted molar refractivity (Wildman–Crippen MR) is 117 cm³/mol. The number of hydrogen-bond acceptors (Lipinski definition) is 5. The van der Waals surface area contributed by atoms with Crippen LogP contribution in [0.5, 0.6) is 5.75 Å². The number of carboxylic acids is 1. The maximum absolute atomic E-state index is 12.3. The first-order chi connectivity index (χ1) is 14.8. The van der Waals surface area contributed by atoms with Crippen LogP contribution >= 0.6 is 34.8 Å². The number of carbonyl (C=O) groups excluding carboxylic acids is 1. The van der Waals surface area contributed by atoms with Crippen LogP contribution in [-0.4, -0.2) is 27.0 Å². The number of ether oxygens (including phenoxy) is 1. The number of nitrogens with one attached hydrogen (secondary N) is 1. The van der Waals surface area contributed by atoms with E-state index in [0.29, 0.717) is 26.9 Å². The topological polar surface area (TPSA) is 101 Å². The molecule has 0 atom stereocenters. The lowest BCUT2D eigenvalue weighted by atomic mass is 10.1. The third-order valence-corrected chi connectivity index (χ3v) is 4.96. The molecule has 7 nitrogen and oxygen atoms in total. The standard InChI is InChI=1S/C21H14Cl3N3O4/c22-16-9-25-10-17(23)15(16)11-31-13-5-3-12(4-6-13)8-18(21(29)30)27-20(28)14-2-1-7-26-19(14)24/h1-10H,11H2,(H,27,28)(H,29,30)/b18-8+. The van der Waals surface area contributed by atoms with Crippen molar-refractivity contribution in [1.82, 2.24) is 15.3 Å². The van der Waals surface area contributed by atoms with Gasteiger partial charge in [0.25, 0.3) is 5.91 Å². The maximum Gasteiger partial charge on any atom is 0.352 e. The van der Waals surface area contributed by atoms with Crippen molar-refractivity contribution < 1.29 is 19.4 Å². The summed E-state index contributed by atoms with van der Waals surface area (Å²) in [7, 11) is 0. The second kappa shape index (κ2) is 10.3. The van der Waals surface area contributed by atoms with Gasteiger partial charge < -0.3 is 15.2 Å². The largest absolute Gasteiger partial charge is 0.489 e. The summed E-state index contributed by atoms with van der Waals surface area (Å²) in [6.45, 7) is 0.137. The van der Waals surface area contributed by atoms with Crippen LogP contribution in [0.1, 0.15) is 21.5 Å². The number of nitrogens with zero attached hydrogens (tertiary/aromatic N) is 2. The molecule has 0 aliphatic carbocycles. The quantitative estimate of drug-likeness (QED) is 0.371. The molecule has 2 heterocycles. The van der Waals surface area contributed by atoms with Gasteiger partial charge in [0.15, 0.2) is 0 Å². The fourth-order valence-corrected chi connectivity index (χ4v) is 3.13. The summed E-state index contributed by atoms with van der Waals surface area (Å²) < 4.78 is 5.67. The number of rotatable bonds is 7. The van der Waals surface area contributed by atoms with Crippen molar-refractivity contribution in [3.63, 3.8) is 0 Å². The molecule has 0 aliphatic heterocycles. The zero-order valence-electron chi connectivity index (χ0n) is 15.7. The van der Waals surface area contributed by atoms with Gasteiger partial charge in [-0.3, -0.25) is 9.78 Å². The first-order valence-corrected chi connectivity index (χ1v) is 9.86. The van der Waals surface area contributed by atoms with E-state index in [1.54, 1.807) is 24.3 Å². The van der Waals surface area contributed by atoms with Crippen LogP contribution in [0.2, 0.25) is 15.2 Å². The van der Waals surface area contributed by atoms with Gasteiger partial charge in [-0.15, -0.1) is 0 Å². The number of aliphatic carboxylic acids is 1. The average Bonchev–Trinajstić information content (AvgIpc) is 2.74. The second-order valence-corrected chi connectivity index (χ2v) is 7.27. The van der Waals surface area contributed by atoms with Crippen molar-refractivity contribution in [2.24, 2.45) is 0 Å².